The van der Waals surface area contributed by atoms with Crippen LogP contribution in [0.1, 0.15) is 5.56 Å². The summed E-state index contributed by atoms with van der Waals surface area (Å²) in [7, 11) is 4.74. The number of amides is 2. The highest BCUT2D eigenvalue weighted by atomic mass is 32.1. The lowest BCUT2D eigenvalue weighted by Gasteiger charge is -2.10. The molecule has 0 atom stereocenters. The number of hydrogen-bond donors (Lipinski definition) is 2. The Hall–Kier alpha value is -3.26. The third-order valence-electron chi connectivity index (χ3n) is 4.06. The van der Waals surface area contributed by atoms with Gasteiger partial charge < -0.3 is 19.5 Å². The Morgan fingerprint density at radius 3 is 2.32 bits per heavy atom. The minimum absolute atomic E-state index is 0.390. The van der Waals surface area contributed by atoms with Gasteiger partial charge in [0.05, 0.1) is 27.0 Å². The van der Waals surface area contributed by atoms with E-state index in [4.69, 9.17) is 14.2 Å². The summed E-state index contributed by atoms with van der Waals surface area (Å²) in [5.41, 5.74) is 3.35. The van der Waals surface area contributed by atoms with Gasteiger partial charge in [-0.1, -0.05) is 0 Å². The Morgan fingerprint density at radius 1 is 0.929 bits per heavy atom. The smallest absolute Gasteiger partial charge is 0.325 e. The molecule has 1 heterocycles. The summed E-state index contributed by atoms with van der Waals surface area (Å²) >= 11 is 1.35. The number of nitrogens with one attached hydrogen (secondary N) is 2. The number of carbonyl (C=O) groups excluding carboxylic acids is 1. The van der Waals surface area contributed by atoms with Crippen molar-refractivity contribution in [2.24, 2.45) is 0 Å². The summed E-state index contributed by atoms with van der Waals surface area (Å²) < 4.78 is 15.7. The maximum absolute atomic E-state index is 12.3. The highest BCUT2D eigenvalue weighted by Crippen LogP contribution is 2.31. The number of benzene rings is 2. The zero-order valence-corrected chi connectivity index (χ0v) is 16.8. The molecular formula is C20H21N3O4S. The third kappa shape index (κ3) is 4.34. The number of nitrogens with zero attached hydrogens (tertiary/aromatic N) is 1. The number of aryl methyl sites for hydroxylation is 1. The molecule has 0 aliphatic heterocycles. The van der Waals surface area contributed by atoms with E-state index >= 15 is 0 Å². The second kappa shape index (κ2) is 8.62. The summed E-state index contributed by atoms with van der Waals surface area (Å²) in [4.78, 5) is 16.8. The Labute approximate surface area is 167 Å². The lowest BCUT2D eigenvalue weighted by molar-refractivity contribution is 0.262. The van der Waals surface area contributed by atoms with Crippen LogP contribution in [0.15, 0.2) is 41.8 Å². The van der Waals surface area contributed by atoms with Gasteiger partial charge in [0.25, 0.3) is 0 Å². The van der Waals surface area contributed by atoms with Crippen molar-refractivity contribution in [3.63, 3.8) is 0 Å². The average Bonchev–Trinajstić information content (AvgIpc) is 3.16. The Bertz CT molecular complexity index is 987. The van der Waals surface area contributed by atoms with E-state index in [1.165, 1.54) is 11.3 Å². The van der Waals surface area contributed by atoms with Crippen molar-refractivity contribution < 1.29 is 19.0 Å². The number of ether oxygens (including phenoxy) is 3. The monoisotopic (exact) mass is 399 g/mol. The van der Waals surface area contributed by atoms with Gasteiger partial charge in [-0.3, -0.25) is 5.32 Å². The fraction of sp³-hybridized carbons (Fsp3) is 0.200. The highest BCUT2D eigenvalue weighted by molar-refractivity contribution is 7.14. The highest BCUT2D eigenvalue weighted by Gasteiger charge is 2.11. The second-order valence-corrected chi connectivity index (χ2v) is 6.73. The molecule has 0 aliphatic rings. The van der Waals surface area contributed by atoms with Gasteiger partial charge in [0.2, 0.25) is 0 Å². The van der Waals surface area contributed by atoms with E-state index in [-0.39, 0.29) is 6.03 Å². The number of anilines is 2. The summed E-state index contributed by atoms with van der Waals surface area (Å²) in [5, 5.41) is 7.90. The molecule has 0 fully saturated rings. The Kier molecular flexibility index (Phi) is 6.00. The Balaban J connectivity index is 1.68. The second-order valence-electron chi connectivity index (χ2n) is 5.87. The molecular weight excluding hydrogens is 378 g/mol. The first-order chi connectivity index (χ1) is 13.5. The fourth-order valence-electron chi connectivity index (χ4n) is 2.67. The van der Waals surface area contributed by atoms with Crippen molar-refractivity contribution in [2.45, 2.75) is 6.92 Å². The fourth-order valence-corrected chi connectivity index (χ4v) is 3.39. The van der Waals surface area contributed by atoms with Crippen LogP contribution in [0.3, 0.4) is 0 Å². The molecule has 2 aromatic carbocycles. The molecule has 0 saturated carbocycles. The van der Waals surface area contributed by atoms with Crippen LogP contribution in [0.5, 0.6) is 17.2 Å². The van der Waals surface area contributed by atoms with E-state index in [0.29, 0.717) is 22.3 Å². The van der Waals surface area contributed by atoms with E-state index in [0.717, 1.165) is 22.6 Å². The van der Waals surface area contributed by atoms with Crippen LogP contribution in [0.2, 0.25) is 0 Å². The molecule has 1 aromatic heterocycles. The van der Waals surface area contributed by atoms with E-state index in [2.05, 4.69) is 15.6 Å². The van der Waals surface area contributed by atoms with Crippen LogP contribution in [-0.4, -0.2) is 32.3 Å². The summed E-state index contributed by atoms with van der Waals surface area (Å²) in [5.74, 6) is 1.95. The standard InChI is InChI=1S/C20H21N3O4S/c1-12-9-13(5-7-16(12)25-2)15-11-28-20(22-15)23-19(24)21-14-6-8-17(26-3)18(10-14)27-4/h5-11H,1-4H3,(H2,21,22,23,24). The molecule has 146 valence electrons. The van der Waals surface area contributed by atoms with Crippen LogP contribution in [0.25, 0.3) is 11.3 Å². The molecule has 3 rings (SSSR count). The van der Waals surface area contributed by atoms with E-state index in [9.17, 15) is 4.79 Å². The number of thiazole rings is 1. The van der Waals surface area contributed by atoms with Crippen molar-refractivity contribution >= 4 is 28.2 Å². The number of aromatic nitrogens is 1. The minimum Gasteiger partial charge on any atom is -0.496 e. The lowest BCUT2D eigenvalue weighted by atomic mass is 10.1. The van der Waals surface area contributed by atoms with Crippen molar-refractivity contribution in [1.29, 1.82) is 0 Å². The first kappa shape index (κ1) is 19.5. The molecule has 0 spiro atoms. The number of methoxy groups -OCH3 is 3. The molecule has 3 aromatic rings. The lowest BCUT2D eigenvalue weighted by Crippen LogP contribution is -2.19. The largest absolute Gasteiger partial charge is 0.496 e. The first-order valence-electron chi connectivity index (χ1n) is 8.44. The number of hydrogen-bond acceptors (Lipinski definition) is 6. The first-order valence-corrected chi connectivity index (χ1v) is 9.32. The maximum atomic E-state index is 12.3. The summed E-state index contributed by atoms with van der Waals surface area (Å²) in [6.07, 6.45) is 0. The SMILES string of the molecule is COc1ccc(-c2csc(NC(=O)Nc3ccc(OC)c(OC)c3)n2)cc1C. The number of carbonyl (C=O) groups is 1. The average molecular weight is 399 g/mol. The molecule has 0 bridgehead atoms. The number of rotatable bonds is 6. The van der Waals surface area contributed by atoms with Crippen molar-refractivity contribution in [1.82, 2.24) is 4.98 Å². The van der Waals surface area contributed by atoms with Gasteiger partial charge in [0.1, 0.15) is 5.75 Å². The van der Waals surface area contributed by atoms with Crippen LogP contribution >= 0.6 is 11.3 Å². The molecule has 0 unspecified atom stereocenters. The van der Waals surface area contributed by atoms with Gasteiger partial charge in [-0.15, -0.1) is 11.3 Å². The van der Waals surface area contributed by atoms with Gasteiger partial charge in [-0.2, -0.15) is 0 Å². The van der Waals surface area contributed by atoms with Crippen LogP contribution in [-0.2, 0) is 0 Å². The third-order valence-corrected chi connectivity index (χ3v) is 4.81. The van der Waals surface area contributed by atoms with E-state index in [1.54, 1.807) is 39.5 Å². The van der Waals surface area contributed by atoms with E-state index < -0.39 is 0 Å². The summed E-state index contributed by atoms with van der Waals surface area (Å²) in [6, 6.07) is 10.6. The van der Waals surface area contributed by atoms with Crippen molar-refractivity contribution in [2.75, 3.05) is 32.0 Å². The molecule has 8 heteroatoms. The van der Waals surface area contributed by atoms with Crippen LogP contribution in [0.4, 0.5) is 15.6 Å². The van der Waals surface area contributed by atoms with Gasteiger partial charge >= 0.3 is 6.03 Å². The zero-order chi connectivity index (χ0) is 20.1. The van der Waals surface area contributed by atoms with Crippen LogP contribution < -0.4 is 24.8 Å². The Morgan fingerprint density at radius 2 is 1.64 bits per heavy atom. The molecule has 28 heavy (non-hydrogen) atoms. The van der Waals surface area contributed by atoms with Gasteiger partial charge in [-0.25, -0.2) is 9.78 Å². The van der Waals surface area contributed by atoms with E-state index in [1.807, 2.05) is 30.5 Å². The maximum Gasteiger partial charge on any atom is 0.325 e. The predicted octanol–water partition coefficient (Wildman–Crippen LogP) is 4.79. The zero-order valence-electron chi connectivity index (χ0n) is 16.0. The van der Waals surface area contributed by atoms with Gasteiger partial charge in [-0.05, 0) is 42.8 Å². The quantitative estimate of drug-likeness (QED) is 0.623. The van der Waals surface area contributed by atoms with Crippen molar-refractivity contribution in [3.8, 4) is 28.5 Å². The van der Waals surface area contributed by atoms with Gasteiger partial charge in [0, 0.05) is 22.7 Å². The molecule has 2 amide bonds. The number of urea groups is 1. The molecule has 0 aliphatic carbocycles. The molecule has 0 saturated heterocycles. The normalized spacial score (nSPS) is 10.3. The molecule has 2 N–H and O–H groups in total. The van der Waals surface area contributed by atoms with Crippen LogP contribution in [0, 0.1) is 6.92 Å². The topological polar surface area (TPSA) is 81.7 Å². The summed E-state index contributed by atoms with van der Waals surface area (Å²) in [6.45, 7) is 1.98. The molecule has 7 nitrogen and oxygen atoms in total. The predicted molar refractivity (Wildman–Crippen MR) is 111 cm³/mol. The van der Waals surface area contributed by atoms with Gasteiger partial charge in [0.15, 0.2) is 16.6 Å². The van der Waals surface area contributed by atoms with Crippen molar-refractivity contribution in [3.05, 3.63) is 47.3 Å². The molecule has 0 radical (unpaired) electrons. The minimum atomic E-state index is -0.390.